The molecule has 140 valence electrons. The van der Waals surface area contributed by atoms with Gasteiger partial charge in [-0.1, -0.05) is 72.0 Å². The van der Waals surface area contributed by atoms with E-state index in [1.54, 1.807) is 0 Å². The van der Waals surface area contributed by atoms with Crippen LogP contribution in [0.2, 0.25) is 0 Å². The summed E-state index contributed by atoms with van der Waals surface area (Å²) < 4.78 is 0. The molecule has 27 heavy (non-hydrogen) atoms. The Balaban J connectivity index is 1.43. The minimum Gasteiger partial charge on any atom is -0.361 e. The number of anilines is 1. The lowest BCUT2D eigenvalue weighted by atomic mass is 10.1. The van der Waals surface area contributed by atoms with Crippen LogP contribution < -0.4 is 10.6 Å². The van der Waals surface area contributed by atoms with Gasteiger partial charge in [0.15, 0.2) is 5.13 Å². The van der Waals surface area contributed by atoms with Gasteiger partial charge >= 0.3 is 0 Å². The fraction of sp³-hybridized carbons (Fsp3) is 0.273. The van der Waals surface area contributed by atoms with Crippen LogP contribution in [-0.2, 0) is 12.8 Å². The Kier molecular flexibility index (Phi) is 6.99. The number of thiazole rings is 1. The Morgan fingerprint density at radius 3 is 2.22 bits per heavy atom. The highest BCUT2D eigenvalue weighted by Crippen LogP contribution is 2.22. The molecule has 1 aromatic heterocycles. The van der Waals surface area contributed by atoms with Crippen molar-refractivity contribution in [3.63, 3.8) is 0 Å². The van der Waals surface area contributed by atoms with E-state index in [1.165, 1.54) is 22.5 Å². The number of hydrogen-bond donors (Lipinski definition) is 2. The van der Waals surface area contributed by atoms with E-state index in [0.717, 1.165) is 36.6 Å². The van der Waals surface area contributed by atoms with Gasteiger partial charge in [-0.05, 0) is 37.3 Å². The summed E-state index contributed by atoms with van der Waals surface area (Å²) in [5, 5.41) is 7.14. The van der Waals surface area contributed by atoms with Crippen molar-refractivity contribution >= 4 is 22.4 Å². The first-order valence-corrected chi connectivity index (χ1v) is 10.1. The summed E-state index contributed by atoms with van der Waals surface area (Å²) >= 11 is 1.42. The van der Waals surface area contributed by atoms with Crippen LogP contribution >= 0.6 is 11.3 Å². The average molecular weight is 380 g/mol. The van der Waals surface area contributed by atoms with Crippen molar-refractivity contribution < 1.29 is 4.79 Å². The lowest BCUT2D eigenvalue weighted by Gasteiger charge is -2.04. The quantitative estimate of drug-likeness (QED) is 0.539. The molecule has 0 radical (unpaired) electrons. The van der Waals surface area contributed by atoms with Gasteiger partial charge < -0.3 is 10.6 Å². The molecule has 0 aliphatic carbocycles. The monoisotopic (exact) mass is 379 g/mol. The van der Waals surface area contributed by atoms with Crippen molar-refractivity contribution in [3.8, 4) is 0 Å². The second-order valence-electron chi connectivity index (χ2n) is 6.44. The lowest BCUT2D eigenvalue weighted by Crippen LogP contribution is -2.24. The SMILES string of the molecule is Cc1nc(NCCc2ccccc2)sc1C(=O)NCCCc1ccccc1. The smallest absolute Gasteiger partial charge is 0.263 e. The Bertz CT molecular complexity index is 847. The highest BCUT2D eigenvalue weighted by molar-refractivity contribution is 7.17. The highest BCUT2D eigenvalue weighted by atomic mass is 32.1. The third kappa shape index (κ3) is 5.93. The number of rotatable bonds is 9. The molecule has 0 saturated heterocycles. The number of amides is 1. The van der Waals surface area contributed by atoms with Gasteiger partial charge in [-0.15, -0.1) is 0 Å². The van der Waals surface area contributed by atoms with E-state index in [2.05, 4.69) is 39.9 Å². The first-order chi connectivity index (χ1) is 13.2. The van der Waals surface area contributed by atoms with Crippen LogP contribution in [0.25, 0.3) is 0 Å². The third-order valence-electron chi connectivity index (χ3n) is 4.31. The molecule has 3 aromatic rings. The fourth-order valence-corrected chi connectivity index (χ4v) is 3.77. The zero-order chi connectivity index (χ0) is 18.9. The first kappa shape index (κ1) is 19.1. The number of carbonyl (C=O) groups is 1. The highest BCUT2D eigenvalue weighted by Gasteiger charge is 2.14. The summed E-state index contributed by atoms with van der Waals surface area (Å²) in [7, 11) is 0. The van der Waals surface area contributed by atoms with Crippen LogP contribution in [0.3, 0.4) is 0 Å². The van der Waals surface area contributed by atoms with E-state index in [0.29, 0.717) is 11.4 Å². The molecular formula is C22H25N3OS. The van der Waals surface area contributed by atoms with E-state index >= 15 is 0 Å². The topological polar surface area (TPSA) is 54.0 Å². The first-order valence-electron chi connectivity index (χ1n) is 9.30. The third-order valence-corrected chi connectivity index (χ3v) is 5.42. The van der Waals surface area contributed by atoms with Crippen LogP contribution in [0.4, 0.5) is 5.13 Å². The Labute approximate surface area is 164 Å². The van der Waals surface area contributed by atoms with Crippen molar-refractivity contribution in [1.82, 2.24) is 10.3 Å². The maximum atomic E-state index is 12.4. The Morgan fingerprint density at radius 1 is 0.926 bits per heavy atom. The molecule has 0 aliphatic rings. The van der Waals surface area contributed by atoms with Crippen molar-refractivity contribution in [2.24, 2.45) is 0 Å². The minimum absolute atomic E-state index is 0.0332. The van der Waals surface area contributed by atoms with E-state index in [4.69, 9.17) is 0 Å². The molecule has 1 heterocycles. The van der Waals surface area contributed by atoms with Crippen LogP contribution in [0.15, 0.2) is 60.7 Å². The maximum absolute atomic E-state index is 12.4. The zero-order valence-corrected chi connectivity index (χ0v) is 16.4. The number of nitrogens with zero attached hydrogens (tertiary/aromatic N) is 1. The van der Waals surface area contributed by atoms with Crippen molar-refractivity contribution in [1.29, 1.82) is 0 Å². The van der Waals surface area contributed by atoms with Crippen LogP contribution in [-0.4, -0.2) is 24.0 Å². The van der Waals surface area contributed by atoms with Gasteiger partial charge in [0.05, 0.1) is 5.69 Å². The molecule has 0 fully saturated rings. The largest absolute Gasteiger partial charge is 0.361 e. The van der Waals surface area contributed by atoms with E-state index in [-0.39, 0.29) is 5.91 Å². The molecule has 0 atom stereocenters. The number of benzene rings is 2. The van der Waals surface area contributed by atoms with Crippen LogP contribution in [0.5, 0.6) is 0 Å². The Morgan fingerprint density at radius 2 is 1.56 bits per heavy atom. The normalized spacial score (nSPS) is 10.6. The standard InChI is InChI=1S/C22H25N3OS/c1-17-20(21(26)23-15-8-13-18-9-4-2-5-10-18)27-22(25-17)24-16-14-19-11-6-3-7-12-19/h2-7,9-12H,8,13-16H2,1H3,(H,23,26)(H,24,25). The number of carbonyl (C=O) groups excluding carboxylic acids is 1. The minimum atomic E-state index is -0.0332. The molecule has 4 nitrogen and oxygen atoms in total. The van der Waals surface area contributed by atoms with E-state index in [9.17, 15) is 4.79 Å². The summed E-state index contributed by atoms with van der Waals surface area (Å²) in [6.07, 6.45) is 2.82. The molecule has 1 amide bonds. The summed E-state index contributed by atoms with van der Waals surface area (Å²) in [5.41, 5.74) is 3.36. The fourth-order valence-electron chi connectivity index (χ4n) is 2.86. The second-order valence-corrected chi connectivity index (χ2v) is 7.44. The zero-order valence-electron chi connectivity index (χ0n) is 15.6. The van der Waals surface area contributed by atoms with Crippen molar-refractivity contribution in [2.45, 2.75) is 26.2 Å². The number of nitrogens with one attached hydrogen (secondary N) is 2. The second kappa shape index (κ2) is 9.88. The predicted octanol–water partition coefficient (Wildman–Crippen LogP) is 4.47. The molecule has 0 saturated carbocycles. The molecule has 5 heteroatoms. The van der Waals surface area contributed by atoms with E-state index < -0.39 is 0 Å². The summed E-state index contributed by atoms with van der Waals surface area (Å²) in [6.45, 7) is 3.36. The predicted molar refractivity (Wildman–Crippen MR) is 113 cm³/mol. The average Bonchev–Trinajstić information content (AvgIpc) is 3.07. The maximum Gasteiger partial charge on any atom is 0.263 e. The van der Waals surface area contributed by atoms with Crippen LogP contribution in [0, 0.1) is 6.92 Å². The van der Waals surface area contributed by atoms with Gasteiger partial charge in [-0.2, -0.15) is 0 Å². The van der Waals surface area contributed by atoms with Gasteiger partial charge in [0.2, 0.25) is 0 Å². The molecule has 3 rings (SSSR count). The van der Waals surface area contributed by atoms with Gasteiger partial charge in [0.25, 0.3) is 5.91 Å². The van der Waals surface area contributed by atoms with Gasteiger partial charge in [0.1, 0.15) is 4.88 Å². The van der Waals surface area contributed by atoms with E-state index in [1.807, 2.05) is 43.3 Å². The summed E-state index contributed by atoms with van der Waals surface area (Å²) in [5.74, 6) is -0.0332. The number of aryl methyl sites for hydroxylation is 2. The molecule has 2 N–H and O–H groups in total. The summed E-state index contributed by atoms with van der Waals surface area (Å²) in [4.78, 5) is 17.6. The Hall–Kier alpha value is -2.66. The van der Waals surface area contributed by atoms with Gasteiger partial charge in [-0.25, -0.2) is 4.98 Å². The number of hydrogen-bond acceptors (Lipinski definition) is 4. The molecule has 0 spiro atoms. The van der Waals surface area contributed by atoms with Crippen molar-refractivity contribution in [3.05, 3.63) is 82.4 Å². The molecular weight excluding hydrogens is 354 g/mol. The van der Waals surface area contributed by atoms with Gasteiger partial charge in [0, 0.05) is 13.1 Å². The summed E-state index contributed by atoms with van der Waals surface area (Å²) in [6, 6.07) is 20.7. The molecule has 2 aromatic carbocycles. The number of aromatic nitrogens is 1. The van der Waals surface area contributed by atoms with Gasteiger partial charge in [-0.3, -0.25) is 4.79 Å². The molecule has 0 unspecified atom stereocenters. The van der Waals surface area contributed by atoms with Crippen LogP contribution in [0.1, 0.15) is 32.9 Å². The molecule has 0 aliphatic heterocycles. The van der Waals surface area contributed by atoms with Crippen molar-refractivity contribution in [2.75, 3.05) is 18.4 Å². The lowest BCUT2D eigenvalue weighted by molar-refractivity contribution is 0.0956. The molecule has 0 bridgehead atoms.